The van der Waals surface area contributed by atoms with Gasteiger partial charge in [-0.05, 0) is 42.8 Å². The van der Waals surface area contributed by atoms with Gasteiger partial charge in [-0.2, -0.15) is 0 Å². The molecular weight excluding hydrogens is 266 g/mol. The molecule has 0 saturated heterocycles. The smallest absolute Gasteiger partial charge is 0.274 e. The molecule has 1 amide bonds. The zero-order valence-electron chi connectivity index (χ0n) is 11.6. The van der Waals surface area contributed by atoms with Crippen molar-refractivity contribution in [3.8, 4) is 5.75 Å². The summed E-state index contributed by atoms with van der Waals surface area (Å²) in [6.07, 6.45) is 2.51. The number of nitrogens with one attached hydrogen (secondary N) is 1. The number of carbonyl (C=O) groups excluding carboxylic acids is 1. The lowest BCUT2D eigenvalue weighted by atomic mass is 10.2. The Labute approximate surface area is 121 Å². The van der Waals surface area contributed by atoms with Crippen LogP contribution in [0.3, 0.4) is 0 Å². The molecule has 1 aromatic carbocycles. The van der Waals surface area contributed by atoms with Gasteiger partial charge in [-0.1, -0.05) is 13.0 Å². The number of aromatic nitrogens is 2. The quantitative estimate of drug-likeness (QED) is 0.725. The number of fused-ring (bicyclic) bond motifs is 1. The van der Waals surface area contributed by atoms with Crippen molar-refractivity contribution >= 4 is 17.2 Å². The molecule has 0 aliphatic carbocycles. The average molecular weight is 281 g/mol. The van der Waals surface area contributed by atoms with Gasteiger partial charge in [0, 0.05) is 11.9 Å². The maximum absolute atomic E-state index is 12.5. The molecule has 3 rings (SSSR count). The van der Waals surface area contributed by atoms with Crippen LogP contribution in [0.2, 0.25) is 0 Å². The number of pyridine rings is 1. The Hall–Kier alpha value is -2.82. The predicted octanol–water partition coefficient (Wildman–Crippen LogP) is 2.85. The minimum Gasteiger partial charge on any atom is -0.508 e. The molecule has 2 heterocycles. The molecule has 0 atom stereocenters. The average Bonchev–Trinajstić information content (AvgIpc) is 2.88. The highest BCUT2D eigenvalue weighted by Crippen LogP contribution is 2.18. The third-order valence-electron chi connectivity index (χ3n) is 3.28. The van der Waals surface area contributed by atoms with Crippen molar-refractivity contribution in [3.05, 3.63) is 60.0 Å². The van der Waals surface area contributed by atoms with Crippen molar-refractivity contribution in [1.29, 1.82) is 0 Å². The first-order valence-corrected chi connectivity index (χ1v) is 6.75. The highest BCUT2D eigenvalue weighted by Gasteiger charge is 2.17. The molecule has 2 N–H and O–H groups in total. The molecule has 0 aliphatic rings. The van der Waals surface area contributed by atoms with Crippen LogP contribution in [0.15, 0.2) is 48.7 Å². The third-order valence-corrected chi connectivity index (χ3v) is 3.28. The zero-order chi connectivity index (χ0) is 14.8. The largest absolute Gasteiger partial charge is 0.508 e. The maximum Gasteiger partial charge on any atom is 0.274 e. The Morgan fingerprint density at radius 2 is 2.00 bits per heavy atom. The Bertz CT molecular complexity index is 791. The summed E-state index contributed by atoms with van der Waals surface area (Å²) in [6.45, 7) is 1.97. The summed E-state index contributed by atoms with van der Waals surface area (Å²) in [5.41, 5.74) is 2.69. The SMILES string of the molecule is CCc1nc2ccccn2c1C(=O)Nc1ccc(O)cc1. The summed E-state index contributed by atoms with van der Waals surface area (Å²) in [5, 5.41) is 12.1. The van der Waals surface area contributed by atoms with E-state index in [1.54, 1.807) is 16.5 Å². The number of phenols is 1. The second-order valence-electron chi connectivity index (χ2n) is 4.69. The Kier molecular flexibility index (Phi) is 3.31. The number of benzene rings is 1. The number of anilines is 1. The maximum atomic E-state index is 12.5. The van der Waals surface area contributed by atoms with Crippen LogP contribution in [-0.4, -0.2) is 20.4 Å². The van der Waals surface area contributed by atoms with Crippen LogP contribution in [-0.2, 0) is 6.42 Å². The molecule has 2 aromatic heterocycles. The Balaban J connectivity index is 1.99. The molecule has 0 unspecified atom stereocenters. The van der Waals surface area contributed by atoms with Crippen LogP contribution in [0.5, 0.6) is 5.75 Å². The molecule has 5 heteroatoms. The topological polar surface area (TPSA) is 66.6 Å². The van der Waals surface area contributed by atoms with E-state index in [1.807, 2.05) is 31.3 Å². The van der Waals surface area contributed by atoms with Crippen LogP contribution in [0.4, 0.5) is 5.69 Å². The number of rotatable bonds is 3. The van der Waals surface area contributed by atoms with Crippen molar-refractivity contribution in [1.82, 2.24) is 9.38 Å². The van der Waals surface area contributed by atoms with Gasteiger partial charge >= 0.3 is 0 Å². The summed E-state index contributed by atoms with van der Waals surface area (Å²) < 4.78 is 1.79. The normalized spacial score (nSPS) is 10.7. The van der Waals surface area contributed by atoms with Crippen molar-refractivity contribution in [2.75, 3.05) is 5.32 Å². The Morgan fingerprint density at radius 1 is 1.24 bits per heavy atom. The van der Waals surface area contributed by atoms with Crippen LogP contribution in [0, 0.1) is 0 Å². The molecule has 0 radical (unpaired) electrons. The summed E-state index contributed by atoms with van der Waals surface area (Å²) in [6, 6.07) is 12.0. The highest BCUT2D eigenvalue weighted by atomic mass is 16.3. The van der Waals surface area contributed by atoms with Gasteiger partial charge in [0.05, 0.1) is 5.69 Å². The van der Waals surface area contributed by atoms with E-state index in [-0.39, 0.29) is 11.7 Å². The lowest BCUT2D eigenvalue weighted by Gasteiger charge is -2.06. The van der Waals surface area contributed by atoms with Crippen molar-refractivity contribution in [2.24, 2.45) is 0 Å². The standard InChI is InChI=1S/C16H15N3O2/c1-2-13-15(19-10-4-3-5-14(19)18-13)16(21)17-11-6-8-12(20)9-7-11/h3-10,20H,2H2,1H3,(H,17,21). The summed E-state index contributed by atoms with van der Waals surface area (Å²) in [5.74, 6) is -0.0479. The van der Waals surface area contributed by atoms with Gasteiger partial charge in [0.25, 0.3) is 5.91 Å². The molecule has 0 saturated carbocycles. The molecule has 0 bridgehead atoms. The molecule has 21 heavy (non-hydrogen) atoms. The number of phenolic OH excluding ortho intramolecular Hbond substituents is 1. The van der Waals surface area contributed by atoms with Crippen LogP contribution in [0.25, 0.3) is 5.65 Å². The van der Waals surface area contributed by atoms with E-state index in [4.69, 9.17) is 0 Å². The van der Waals surface area contributed by atoms with Crippen LogP contribution >= 0.6 is 0 Å². The first-order chi connectivity index (χ1) is 10.2. The number of carbonyl (C=O) groups is 1. The van der Waals surface area contributed by atoms with E-state index in [0.29, 0.717) is 17.8 Å². The van der Waals surface area contributed by atoms with Gasteiger partial charge in [0.1, 0.15) is 17.1 Å². The fourth-order valence-electron chi connectivity index (χ4n) is 2.27. The first-order valence-electron chi connectivity index (χ1n) is 6.75. The third kappa shape index (κ3) is 2.45. The molecule has 106 valence electrons. The number of imidazole rings is 1. The fourth-order valence-corrected chi connectivity index (χ4v) is 2.27. The molecule has 5 nitrogen and oxygen atoms in total. The summed E-state index contributed by atoms with van der Waals surface area (Å²) in [4.78, 5) is 17.0. The summed E-state index contributed by atoms with van der Waals surface area (Å²) in [7, 11) is 0. The van der Waals surface area contributed by atoms with Gasteiger partial charge in [0.15, 0.2) is 0 Å². The van der Waals surface area contributed by atoms with Crippen molar-refractivity contribution in [3.63, 3.8) is 0 Å². The number of aromatic hydroxyl groups is 1. The van der Waals surface area contributed by atoms with Crippen LogP contribution < -0.4 is 5.32 Å². The van der Waals surface area contributed by atoms with Crippen LogP contribution in [0.1, 0.15) is 23.1 Å². The second-order valence-corrected chi connectivity index (χ2v) is 4.69. The molecular formula is C16H15N3O2. The molecule has 0 aliphatic heterocycles. The lowest BCUT2D eigenvalue weighted by Crippen LogP contribution is -2.16. The second kappa shape index (κ2) is 5.28. The predicted molar refractivity (Wildman–Crippen MR) is 80.6 cm³/mol. The van der Waals surface area contributed by atoms with Gasteiger partial charge in [-0.15, -0.1) is 0 Å². The van der Waals surface area contributed by atoms with E-state index >= 15 is 0 Å². The van der Waals surface area contributed by atoms with Crippen molar-refractivity contribution in [2.45, 2.75) is 13.3 Å². The number of amides is 1. The fraction of sp³-hybridized carbons (Fsp3) is 0.125. The Morgan fingerprint density at radius 3 is 2.71 bits per heavy atom. The molecule has 0 fully saturated rings. The summed E-state index contributed by atoms with van der Waals surface area (Å²) >= 11 is 0. The van der Waals surface area contributed by atoms with Gasteiger partial charge in [-0.3, -0.25) is 9.20 Å². The highest BCUT2D eigenvalue weighted by molar-refractivity contribution is 6.04. The van der Waals surface area contributed by atoms with E-state index in [2.05, 4.69) is 10.3 Å². The van der Waals surface area contributed by atoms with E-state index in [1.165, 1.54) is 12.1 Å². The van der Waals surface area contributed by atoms with Gasteiger partial charge in [0.2, 0.25) is 0 Å². The van der Waals surface area contributed by atoms with Gasteiger partial charge < -0.3 is 10.4 Å². The number of aryl methyl sites for hydroxylation is 1. The van der Waals surface area contributed by atoms with Gasteiger partial charge in [-0.25, -0.2) is 4.98 Å². The van der Waals surface area contributed by atoms with E-state index in [0.717, 1.165) is 11.3 Å². The monoisotopic (exact) mass is 281 g/mol. The minimum atomic E-state index is -0.212. The first kappa shape index (κ1) is 13.2. The number of hydrogen-bond donors (Lipinski definition) is 2. The number of nitrogens with zero attached hydrogens (tertiary/aromatic N) is 2. The molecule has 0 spiro atoms. The van der Waals surface area contributed by atoms with E-state index < -0.39 is 0 Å². The number of hydrogen-bond acceptors (Lipinski definition) is 3. The zero-order valence-corrected chi connectivity index (χ0v) is 11.6. The van der Waals surface area contributed by atoms with E-state index in [9.17, 15) is 9.90 Å². The lowest BCUT2D eigenvalue weighted by molar-refractivity contribution is 0.102. The minimum absolute atomic E-state index is 0.164. The molecule has 3 aromatic rings. The van der Waals surface area contributed by atoms with Crippen molar-refractivity contribution < 1.29 is 9.90 Å².